The summed E-state index contributed by atoms with van der Waals surface area (Å²) in [5.41, 5.74) is -0.178. The van der Waals surface area contributed by atoms with Gasteiger partial charge in [-0.25, -0.2) is 4.99 Å². The van der Waals surface area contributed by atoms with E-state index in [0.29, 0.717) is 24.8 Å². The van der Waals surface area contributed by atoms with Crippen molar-refractivity contribution < 1.29 is 19.0 Å². The van der Waals surface area contributed by atoms with Crippen LogP contribution in [0.1, 0.15) is 50.9 Å². The third-order valence-electron chi connectivity index (χ3n) is 5.27. The number of aliphatic imine (C=N–C) groups is 1. The first kappa shape index (κ1) is 25.3. The van der Waals surface area contributed by atoms with Gasteiger partial charge in [0.25, 0.3) is 0 Å². The molecule has 1 atom stereocenters. The first-order valence-electron chi connectivity index (χ1n) is 10.6. The Hall–Kier alpha value is -1.94. The van der Waals surface area contributed by atoms with Gasteiger partial charge in [0.05, 0.1) is 32.6 Å². The Balaban J connectivity index is 0.00000341. The van der Waals surface area contributed by atoms with E-state index >= 15 is 0 Å². The molecule has 3 N–H and O–H groups in total. The maximum atomic E-state index is 10.7. The molecular weight excluding hydrogens is 509 g/mol. The summed E-state index contributed by atoms with van der Waals surface area (Å²) in [7, 11) is 1.66. The smallest absolute Gasteiger partial charge is 0.191 e. The van der Waals surface area contributed by atoms with Crippen LogP contribution in [0.2, 0.25) is 0 Å². The van der Waals surface area contributed by atoms with E-state index in [2.05, 4.69) is 10.6 Å². The van der Waals surface area contributed by atoms with Crippen LogP contribution < -0.4 is 20.1 Å². The first-order valence-corrected chi connectivity index (χ1v) is 10.6. The second kappa shape index (κ2) is 12.2. The van der Waals surface area contributed by atoms with Crippen molar-refractivity contribution in [2.24, 2.45) is 4.99 Å². The molecule has 0 saturated heterocycles. The number of halogens is 1. The number of furan rings is 1. The number of aliphatic hydroxyl groups is 1. The Morgan fingerprint density at radius 3 is 2.65 bits per heavy atom. The standard InChI is InChI=1S/C23H33N3O4.HI/c1-4-24-22(26-16-23(2,27)20-13-8-14-29-20)25-15-17-9-7-12-19(28-3)21(17)30-18-10-5-6-11-18;/h7-9,12-14,18,27H,4-6,10-11,15-16H2,1-3H3,(H2,24,25,26);1H. The monoisotopic (exact) mass is 543 g/mol. The van der Waals surface area contributed by atoms with Crippen LogP contribution in [0.4, 0.5) is 0 Å². The van der Waals surface area contributed by atoms with E-state index in [1.807, 2.05) is 25.1 Å². The summed E-state index contributed by atoms with van der Waals surface area (Å²) >= 11 is 0. The van der Waals surface area contributed by atoms with Gasteiger partial charge >= 0.3 is 0 Å². The van der Waals surface area contributed by atoms with Crippen molar-refractivity contribution in [2.75, 3.05) is 20.2 Å². The lowest BCUT2D eigenvalue weighted by Crippen LogP contribution is -2.44. The number of guanidine groups is 1. The van der Waals surface area contributed by atoms with Gasteiger partial charge < -0.3 is 29.6 Å². The number of nitrogens with one attached hydrogen (secondary N) is 2. The van der Waals surface area contributed by atoms with Crippen LogP contribution in [0.15, 0.2) is 46.0 Å². The zero-order chi connectivity index (χ0) is 21.4. The molecule has 172 valence electrons. The highest BCUT2D eigenvalue weighted by atomic mass is 127. The Morgan fingerprint density at radius 2 is 2.00 bits per heavy atom. The molecule has 0 radical (unpaired) electrons. The van der Waals surface area contributed by atoms with E-state index in [1.54, 1.807) is 32.4 Å². The molecule has 3 rings (SSSR count). The van der Waals surface area contributed by atoms with E-state index in [1.165, 1.54) is 12.8 Å². The van der Waals surface area contributed by atoms with Crippen molar-refractivity contribution in [3.8, 4) is 11.5 Å². The molecule has 1 saturated carbocycles. The maximum absolute atomic E-state index is 10.7. The molecule has 0 spiro atoms. The normalized spacial score (nSPS) is 16.3. The van der Waals surface area contributed by atoms with Crippen molar-refractivity contribution in [1.82, 2.24) is 10.6 Å². The van der Waals surface area contributed by atoms with Crippen molar-refractivity contribution >= 4 is 29.9 Å². The highest BCUT2D eigenvalue weighted by Crippen LogP contribution is 2.35. The molecule has 2 aromatic rings. The molecule has 1 unspecified atom stereocenters. The Bertz CT molecular complexity index is 818. The van der Waals surface area contributed by atoms with Crippen LogP contribution >= 0.6 is 24.0 Å². The summed E-state index contributed by atoms with van der Waals surface area (Å²) in [5, 5.41) is 17.1. The van der Waals surface area contributed by atoms with Crippen LogP contribution in [-0.2, 0) is 12.1 Å². The van der Waals surface area contributed by atoms with E-state index in [-0.39, 0.29) is 36.6 Å². The summed E-state index contributed by atoms with van der Waals surface area (Å²) in [6.45, 7) is 5.10. The SMILES string of the molecule is CCNC(=NCc1cccc(OC)c1OC1CCCC1)NCC(C)(O)c1ccco1.I. The number of benzene rings is 1. The highest BCUT2D eigenvalue weighted by molar-refractivity contribution is 14.0. The third-order valence-corrected chi connectivity index (χ3v) is 5.27. The van der Waals surface area contributed by atoms with Crippen molar-refractivity contribution in [3.05, 3.63) is 47.9 Å². The first-order chi connectivity index (χ1) is 14.5. The lowest BCUT2D eigenvalue weighted by atomic mass is 10.0. The largest absolute Gasteiger partial charge is 0.493 e. The molecule has 1 aliphatic carbocycles. The van der Waals surface area contributed by atoms with Crippen LogP contribution in [0, 0.1) is 0 Å². The summed E-state index contributed by atoms with van der Waals surface area (Å²) in [6, 6.07) is 9.40. The molecular formula is C23H34IN3O4. The average molecular weight is 543 g/mol. The van der Waals surface area contributed by atoms with Gasteiger partial charge in [0.2, 0.25) is 0 Å². The van der Waals surface area contributed by atoms with Gasteiger partial charge in [0.15, 0.2) is 17.5 Å². The fourth-order valence-corrected chi connectivity index (χ4v) is 3.59. The minimum atomic E-state index is -1.15. The van der Waals surface area contributed by atoms with Crippen LogP contribution in [-0.4, -0.2) is 37.4 Å². The average Bonchev–Trinajstić information content (AvgIpc) is 3.45. The molecule has 0 bridgehead atoms. The minimum absolute atomic E-state index is 0. The number of hydrogen-bond acceptors (Lipinski definition) is 5. The predicted molar refractivity (Wildman–Crippen MR) is 132 cm³/mol. The number of nitrogens with zero attached hydrogens (tertiary/aromatic N) is 1. The van der Waals surface area contributed by atoms with Gasteiger partial charge in [-0.15, -0.1) is 24.0 Å². The summed E-state index contributed by atoms with van der Waals surface area (Å²) in [5.74, 6) is 2.62. The van der Waals surface area contributed by atoms with Gasteiger partial charge in [0.1, 0.15) is 11.4 Å². The van der Waals surface area contributed by atoms with Gasteiger partial charge in [-0.3, -0.25) is 0 Å². The number of rotatable bonds is 9. The van der Waals surface area contributed by atoms with E-state index in [4.69, 9.17) is 18.9 Å². The molecule has 7 nitrogen and oxygen atoms in total. The number of methoxy groups -OCH3 is 1. The van der Waals surface area contributed by atoms with Crippen LogP contribution in [0.5, 0.6) is 11.5 Å². The quantitative estimate of drug-likeness (QED) is 0.250. The van der Waals surface area contributed by atoms with Gasteiger partial charge in [0, 0.05) is 12.1 Å². The molecule has 8 heteroatoms. The molecule has 1 fully saturated rings. The Labute approximate surface area is 201 Å². The van der Waals surface area contributed by atoms with Gasteiger partial charge in [-0.2, -0.15) is 0 Å². The number of hydrogen-bond donors (Lipinski definition) is 3. The molecule has 0 aliphatic heterocycles. The van der Waals surface area contributed by atoms with E-state index in [9.17, 15) is 5.11 Å². The summed E-state index contributed by atoms with van der Waals surface area (Å²) in [4.78, 5) is 4.70. The number of para-hydroxylation sites is 1. The maximum Gasteiger partial charge on any atom is 0.191 e. The molecule has 0 amide bonds. The van der Waals surface area contributed by atoms with Gasteiger partial charge in [-0.1, -0.05) is 12.1 Å². The lowest BCUT2D eigenvalue weighted by Gasteiger charge is -2.23. The van der Waals surface area contributed by atoms with Crippen molar-refractivity contribution in [3.63, 3.8) is 0 Å². The fraction of sp³-hybridized carbons (Fsp3) is 0.522. The Kier molecular flexibility index (Phi) is 9.95. The molecule has 1 aromatic heterocycles. The van der Waals surface area contributed by atoms with E-state index < -0.39 is 5.60 Å². The molecule has 1 heterocycles. The predicted octanol–water partition coefficient (Wildman–Crippen LogP) is 4.19. The Morgan fingerprint density at radius 1 is 1.23 bits per heavy atom. The van der Waals surface area contributed by atoms with Crippen LogP contribution in [0.3, 0.4) is 0 Å². The second-order valence-corrected chi connectivity index (χ2v) is 7.77. The van der Waals surface area contributed by atoms with Crippen molar-refractivity contribution in [1.29, 1.82) is 0 Å². The van der Waals surface area contributed by atoms with Crippen LogP contribution in [0.25, 0.3) is 0 Å². The lowest BCUT2D eigenvalue weighted by molar-refractivity contribution is 0.0386. The molecule has 1 aliphatic rings. The topological polar surface area (TPSA) is 88.3 Å². The highest BCUT2D eigenvalue weighted by Gasteiger charge is 2.26. The third kappa shape index (κ3) is 7.03. The van der Waals surface area contributed by atoms with Crippen molar-refractivity contribution in [2.45, 2.75) is 57.8 Å². The number of ether oxygens (including phenoxy) is 2. The summed E-state index contributed by atoms with van der Waals surface area (Å²) in [6.07, 6.45) is 6.35. The molecule has 1 aromatic carbocycles. The zero-order valence-electron chi connectivity index (χ0n) is 18.5. The van der Waals surface area contributed by atoms with E-state index in [0.717, 1.165) is 29.9 Å². The van der Waals surface area contributed by atoms with Gasteiger partial charge in [-0.05, 0) is 57.7 Å². The fourth-order valence-electron chi connectivity index (χ4n) is 3.59. The zero-order valence-corrected chi connectivity index (χ0v) is 20.8. The second-order valence-electron chi connectivity index (χ2n) is 7.77. The minimum Gasteiger partial charge on any atom is -0.493 e. The molecule has 31 heavy (non-hydrogen) atoms. The summed E-state index contributed by atoms with van der Waals surface area (Å²) < 4.78 is 17.2.